The lowest BCUT2D eigenvalue weighted by atomic mass is 9.90. The molecule has 0 saturated carbocycles. The summed E-state index contributed by atoms with van der Waals surface area (Å²) >= 11 is 0. The van der Waals surface area contributed by atoms with Gasteiger partial charge in [-0.1, -0.05) is 20.3 Å². The van der Waals surface area contributed by atoms with Gasteiger partial charge in [-0.2, -0.15) is 0 Å². The fourth-order valence-electron chi connectivity index (χ4n) is 5.14. The lowest BCUT2D eigenvalue weighted by Gasteiger charge is -2.45. The molecule has 31 heavy (non-hydrogen) atoms. The summed E-state index contributed by atoms with van der Waals surface area (Å²) < 4.78 is 0. The summed E-state index contributed by atoms with van der Waals surface area (Å²) in [6, 6.07) is 0.756. The normalized spacial score (nSPS) is 23.4. The molecule has 184 valence electrons. The van der Waals surface area contributed by atoms with Gasteiger partial charge < -0.3 is 4.90 Å². The molecule has 0 amide bonds. The second-order valence-corrected chi connectivity index (χ2v) is 11.5. The van der Waals surface area contributed by atoms with Crippen molar-refractivity contribution in [1.29, 1.82) is 0 Å². The average molecular weight is 438 g/mol. The Morgan fingerprint density at radius 2 is 1.06 bits per heavy atom. The predicted octanol–water partition coefficient (Wildman–Crippen LogP) is 5.85. The number of Topliss-reactive ketones (excluding diaryl/α,β-unsaturated/α-hetero) is 1. The Balaban J connectivity index is 0.000000337. The van der Waals surface area contributed by atoms with Crippen LogP contribution in [-0.2, 0) is 4.79 Å². The average Bonchev–Trinajstić information content (AvgIpc) is 2.75. The van der Waals surface area contributed by atoms with Crippen LogP contribution in [0, 0.1) is 5.92 Å². The standard InChI is InChI=1S/C16H30N2O.C9H19N.C2H6/c1-13(19)14-5-9-17(10-6-14)15-7-11-18(12-8-15)16(2,3)4;1-9(2,3)10-7-5-4-6-8-10;1-2/h14-15H,5-12H2,1-4H3;4-8H2,1-3H3;1-2H3. The van der Waals surface area contributed by atoms with Crippen molar-refractivity contribution in [2.75, 3.05) is 39.3 Å². The van der Waals surface area contributed by atoms with Gasteiger partial charge in [0.15, 0.2) is 0 Å². The molecule has 0 radical (unpaired) electrons. The first kappa shape index (κ1) is 28.6. The maximum absolute atomic E-state index is 11.4. The molecule has 0 aliphatic carbocycles. The number of carbonyl (C=O) groups is 1. The van der Waals surface area contributed by atoms with Crippen LogP contribution >= 0.6 is 0 Å². The monoisotopic (exact) mass is 437 g/mol. The van der Waals surface area contributed by atoms with E-state index < -0.39 is 0 Å². The van der Waals surface area contributed by atoms with Crippen molar-refractivity contribution in [3.63, 3.8) is 0 Å². The zero-order chi connectivity index (χ0) is 23.7. The summed E-state index contributed by atoms with van der Waals surface area (Å²) in [6.07, 6.45) is 8.98. The number of hydrogen-bond acceptors (Lipinski definition) is 4. The van der Waals surface area contributed by atoms with Crippen molar-refractivity contribution in [1.82, 2.24) is 14.7 Å². The van der Waals surface area contributed by atoms with Crippen molar-refractivity contribution < 1.29 is 4.79 Å². The van der Waals surface area contributed by atoms with E-state index in [0.29, 0.717) is 22.8 Å². The fraction of sp³-hybridized carbons (Fsp3) is 0.963. The molecular formula is C27H55N3O. The number of likely N-dealkylation sites (tertiary alicyclic amines) is 3. The summed E-state index contributed by atoms with van der Waals surface area (Å²) in [5.74, 6) is 0.730. The van der Waals surface area contributed by atoms with Crippen molar-refractivity contribution in [2.24, 2.45) is 5.92 Å². The number of piperidine rings is 3. The molecule has 4 nitrogen and oxygen atoms in total. The molecule has 3 aliphatic rings. The van der Waals surface area contributed by atoms with Crippen LogP contribution in [0.3, 0.4) is 0 Å². The molecule has 0 aromatic rings. The van der Waals surface area contributed by atoms with Crippen molar-refractivity contribution in [3.8, 4) is 0 Å². The second kappa shape index (κ2) is 13.3. The molecule has 0 spiro atoms. The molecule has 0 N–H and O–H groups in total. The molecule has 4 heteroatoms. The van der Waals surface area contributed by atoms with Gasteiger partial charge in [0.1, 0.15) is 5.78 Å². The van der Waals surface area contributed by atoms with Gasteiger partial charge in [0.05, 0.1) is 0 Å². The van der Waals surface area contributed by atoms with Crippen LogP contribution in [-0.4, -0.2) is 76.9 Å². The maximum Gasteiger partial charge on any atom is 0.133 e. The molecule has 3 rings (SSSR count). The molecule has 0 aromatic carbocycles. The van der Waals surface area contributed by atoms with Crippen molar-refractivity contribution in [3.05, 3.63) is 0 Å². The van der Waals surface area contributed by atoms with Crippen LogP contribution in [0.2, 0.25) is 0 Å². The van der Waals surface area contributed by atoms with Gasteiger partial charge in [-0.3, -0.25) is 14.6 Å². The number of hydrogen-bond donors (Lipinski definition) is 0. The zero-order valence-corrected chi connectivity index (χ0v) is 22.6. The highest BCUT2D eigenvalue weighted by Crippen LogP contribution is 2.27. The molecule has 0 aromatic heterocycles. The summed E-state index contributed by atoms with van der Waals surface area (Å²) in [6.45, 7) is 26.9. The van der Waals surface area contributed by atoms with Gasteiger partial charge >= 0.3 is 0 Å². The van der Waals surface area contributed by atoms with E-state index in [1.807, 2.05) is 13.8 Å². The van der Waals surface area contributed by atoms with Gasteiger partial charge in [0, 0.05) is 36.1 Å². The Kier molecular flexibility index (Phi) is 12.3. The van der Waals surface area contributed by atoms with E-state index in [1.54, 1.807) is 6.92 Å². The number of nitrogens with zero attached hydrogens (tertiary/aromatic N) is 3. The van der Waals surface area contributed by atoms with E-state index in [2.05, 4.69) is 56.2 Å². The van der Waals surface area contributed by atoms with Crippen LogP contribution < -0.4 is 0 Å². The third kappa shape index (κ3) is 9.92. The quantitative estimate of drug-likeness (QED) is 0.541. The molecular weight excluding hydrogens is 382 g/mol. The molecule has 3 heterocycles. The van der Waals surface area contributed by atoms with Crippen LogP contribution in [0.5, 0.6) is 0 Å². The molecule has 3 saturated heterocycles. The minimum atomic E-state index is 0.312. The summed E-state index contributed by atoms with van der Waals surface area (Å²) in [5.41, 5.74) is 0.715. The highest BCUT2D eigenvalue weighted by molar-refractivity contribution is 5.78. The van der Waals surface area contributed by atoms with Crippen LogP contribution in [0.25, 0.3) is 0 Å². The van der Waals surface area contributed by atoms with Gasteiger partial charge in [-0.15, -0.1) is 0 Å². The van der Waals surface area contributed by atoms with E-state index in [4.69, 9.17) is 0 Å². The van der Waals surface area contributed by atoms with Crippen LogP contribution in [0.15, 0.2) is 0 Å². The number of ketones is 1. The Labute approximate surface area is 195 Å². The maximum atomic E-state index is 11.4. The minimum Gasteiger partial charge on any atom is -0.300 e. The third-order valence-electron chi connectivity index (χ3n) is 7.34. The second-order valence-electron chi connectivity index (χ2n) is 11.5. The molecule has 3 fully saturated rings. The molecule has 0 atom stereocenters. The van der Waals surface area contributed by atoms with E-state index >= 15 is 0 Å². The third-order valence-corrected chi connectivity index (χ3v) is 7.34. The van der Waals surface area contributed by atoms with Crippen molar-refractivity contribution >= 4 is 5.78 Å². The SMILES string of the molecule is CC.CC(=O)C1CCN(C2CCN(C(C)(C)C)CC2)CC1.CC(C)(C)N1CCCCC1. The Morgan fingerprint density at radius 1 is 0.645 bits per heavy atom. The predicted molar refractivity (Wildman–Crippen MR) is 136 cm³/mol. The molecule has 0 unspecified atom stereocenters. The largest absolute Gasteiger partial charge is 0.300 e. The van der Waals surface area contributed by atoms with Gasteiger partial charge in [-0.05, 0) is 113 Å². The zero-order valence-electron chi connectivity index (χ0n) is 22.6. The first-order valence-electron chi connectivity index (χ1n) is 13.2. The summed E-state index contributed by atoms with van der Waals surface area (Å²) in [7, 11) is 0. The van der Waals surface area contributed by atoms with Gasteiger partial charge in [0.2, 0.25) is 0 Å². The Bertz CT molecular complexity index is 484. The summed E-state index contributed by atoms with van der Waals surface area (Å²) in [4.78, 5) is 19.2. The Hall–Kier alpha value is -0.450. The first-order chi connectivity index (χ1) is 14.5. The lowest BCUT2D eigenvalue weighted by molar-refractivity contribution is -0.122. The fourth-order valence-corrected chi connectivity index (χ4v) is 5.14. The van der Waals surface area contributed by atoms with Gasteiger partial charge in [0.25, 0.3) is 0 Å². The van der Waals surface area contributed by atoms with Crippen molar-refractivity contribution in [2.45, 2.75) is 124 Å². The van der Waals surface area contributed by atoms with E-state index in [9.17, 15) is 4.79 Å². The molecule has 0 bridgehead atoms. The highest BCUT2D eigenvalue weighted by Gasteiger charge is 2.32. The minimum absolute atomic E-state index is 0.312. The van der Waals surface area contributed by atoms with E-state index in [-0.39, 0.29) is 0 Å². The smallest absolute Gasteiger partial charge is 0.133 e. The number of rotatable bonds is 2. The highest BCUT2D eigenvalue weighted by atomic mass is 16.1. The summed E-state index contributed by atoms with van der Waals surface area (Å²) in [5, 5.41) is 0. The van der Waals surface area contributed by atoms with Crippen LogP contribution in [0.1, 0.15) is 107 Å². The van der Waals surface area contributed by atoms with Crippen LogP contribution in [0.4, 0.5) is 0 Å². The number of carbonyl (C=O) groups excluding carboxylic acids is 1. The lowest BCUT2D eigenvalue weighted by Crippen LogP contribution is -2.52. The van der Waals surface area contributed by atoms with E-state index in [0.717, 1.165) is 32.0 Å². The first-order valence-corrected chi connectivity index (χ1v) is 13.2. The Morgan fingerprint density at radius 3 is 1.42 bits per heavy atom. The topological polar surface area (TPSA) is 26.8 Å². The van der Waals surface area contributed by atoms with E-state index in [1.165, 1.54) is 58.3 Å². The molecule has 3 aliphatic heterocycles. The van der Waals surface area contributed by atoms with Gasteiger partial charge in [-0.25, -0.2) is 0 Å².